The Balaban J connectivity index is 0.00000225. The topological polar surface area (TPSA) is 115 Å². The molecule has 1 aromatic heterocycles. The first-order chi connectivity index (χ1) is 11.5. The third-order valence-corrected chi connectivity index (χ3v) is 3.92. The minimum Gasteiger partial charge on any atom is -0.441 e. The van der Waals surface area contributed by atoms with Gasteiger partial charge >= 0.3 is 11.9 Å². The zero-order valence-corrected chi connectivity index (χ0v) is 14.4. The van der Waals surface area contributed by atoms with Gasteiger partial charge in [-0.1, -0.05) is 0 Å². The predicted octanol–water partition coefficient (Wildman–Crippen LogP) is 0.237. The number of hydrogen-bond acceptors (Lipinski definition) is 8. The summed E-state index contributed by atoms with van der Waals surface area (Å²) in [5, 5.41) is 16.0. The van der Waals surface area contributed by atoms with Gasteiger partial charge in [-0.05, 0) is 4.92 Å². The van der Waals surface area contributed by atoms with Gasteiger partial charge in [0.2, 0.25) is 5.82 Å². The second-order valence-electron chi connectivity index (χ2n) is 5.54. The van der Waals surface area contributed by atoms with Crippen molar-refractivity contribution in [3.8, 4) is 0 Å². The van der Waals surface area contributed by atoms with Crippen molar-refractivity contribution in [3.63, 3.8) is 0 Å². The molecule has 0 bridgehead atoms. The molecule has 2 aliphatic rings. The molecular formula is C13H19ClN6O5. The van der Waals surface area contributed by atoms with E-state index in [1.54, 1.807) is 0 Å². The van der Waals surface area contributed by atoms with E-state index in [1.165, 1.54) is 22.8 Å². The van der Waals surface area contributed by atoms with Crippen LogP contribution in [0.25, 0.3) is 0 Å². The molecule has 0 spiro atoms. The summed E-state index contributed by atoms with van der Waals surface area (Å²) in [4.78, 5) is 28.2. The van der Waals surface area contributed by atoms with E-state index in [-0.39, 0.29) is 30.2 Å². The standard InChI is InChI=1S/C13H18N6O5.ClH/c1-16-11(14-7-12(16)19(21)22)6-15-18-9-10(24-13(18)20)8-17-2-4-23-5-3-17;/h6-7,10H,2-5,8-9H2,1H3;1H/b15-6-;. The van der Waals surface area contributed by atoms with Crippen LogP contribution in [0, 0.1) is 10.1 Å². The number of aromatic nitrogens is 2. The Hall–Kier alpha value is -2.24. The van der Waals surface area contributed by atoms with E-state index < -0.39 is 11.0 Å². The average molecular weight is 375 g/mol. The van der Waals surface area contributed by atoms with Crippen molar-refractivity contribution in [2.24, 2.45) is 12.1 Å². The summed E-state index contributed by atoms with van der Waals surface area (Å²) in [7, 11) is 1.51. The second kappa shape index (κ2) is 8.23. The number of nitrogens with zero attached hydrogens (tertiary/aromatic N) is 6. The summed E-state index contributed by atoms with van der Waals surface area (Å²) < 4.78 is 11.9. The number of amides is 1. The summed E-state index contributed by atoms with van der Waals surface area (Å²) >= 11 is 0. The molecule has 12 heteroatoms. The molecule has 2 saturated heterocycles. The molecule has 0 aromatic carbocycles. The molecule has 2 aliphatic heterocycles. The highest BCUT2D eigenvalue weighted by Gasteiger charge is 2.33. The van der Waals surface area contributed by atoms with Crippen molar-refractivity contribution in [2.45, 2.75) is 6.10 Å². The molecule has 25 heavy (non-hydrogen) atoms. The molecule has 0 saturated carbocycles. The lowest BCUT2D eigenvalue weighted by atomic mass is 10.3. The van der Waals surface area contributed by atoms with Crippen molar-refractivity contribution < 1.29 is 19.2 Å². The molecule has 3 heterocycles. The number of imidazole rings is 1. The van der Waals surface area contributed by atoms with E-state index in [1.807, 2.05) is 0 Å². The fourth-order valence-corrected chi connectivity index (χ4v) is 2.59. The lowest BCUT2D eigenvalue weighted by molar-refractivity contribution is -0.391. The number of carbonyl (C=O) groups is 1. The Labute approximate surface area is 149 Å². The van der Waals surface area contributed by atoms with Crippen LogP contribution in [-0.2, 0) is 16.5 Å². The molecule has 1 aromatic rings. The molecule has 0 aliphatic carbocycles. The highest BCUT2D eigenvalue weighted by molar-refractivity contribution is 5.85. The normalized spacial score (nSPS) is 21.4. The van der Waals surface area contributed by atoms with E-state index in [4.69, 9.17) is 9.47 Å². The predicted molar refractivity (Wildman–Crippen MR) is 88.9 cm³/mol. The molecule has 1 unspecified atom stereocenters. The van der Waals surface area contributed by atoms with Gasteiger partial charge in [0.05, 0.1) is 26.8 Å². The first kappa shape index (κ1) is 19.1. The summed E-state index contributed by atoms with van der Waals surface area (Å²) in [6.45, 7) is 3.96. The van der Waals surface area contributed by atoms with Crippen LogP contribution >= 0.6 is 12.4 Å². The maximum Gasteiger partial charge on any atom is 0.430 e. The number of rotatable bonds is 5. The maximum atomic E-state index is 11.9. The molecule has 11 nitrogen and oxygen atoms in total. The first-order valence-corrected chi connectivity index (χ1v) is 7.53. The quantitative estimate of drug-likeness (QED) is 0.411. The number of hydrazone groups is 1. The zero-order valence-electron chi connectivity index (χ0n) is 13.6. The number of hydrogen-bond donors (Lipinski definition) is 0. The van der Waals surface area contributed by atoms with Gasteiger partial charge in [-0.25, -0.2) is 14.3 Å². The number of morpholine rings is 1. The minimum atomic E-state index is -0.535. The summed E-state index contributed by atoms with van der Waals surface area (Å²) in [5.74, 6) is 0.136. The molecule has 0 N–H and O–H groups in total. The zero-order chi connectivity index (χ0) is 17.1. The van der Waals surface area contributed by atoms with Crippen LogP contribution in [0.4, 0.5) is 10.6 Å². The third-order valence-electron chi connectivity index (χ3n) is 3.92. The van der Waals surface area contributed by atoms with Crippen LogP contribution < -0.4 is 0 Å². The monoisotopic (exact) mass is 374 g/mol. The molecule has 3 rings (SSSR count). The van der Waals surface area contributed by atoms with Gasteiger partial charge in [0.1, 0.15) is 18.5 Å². The van der Waals surface area contributed by atoms with Gasteiger partial charge in [0.25, 0.3) is 0 Å². The van der Waals surface area contributed by atoms with Crippen molar-refractivity contribution in [1.82, 2.24) is 19.5 Å². The minimum absolute atomic E-state index is 0. The van der Waals surface area contributed by atoms with E-state index >= 15 is 0 Å². The van der Waals surface area contributed by atoms with Crippen LogP contribution in [0.15, 0.2) is 11.3 Å². The van der Waals surface area contributed by atoms with E-state index in [2.05, 4.69) is 15.0 Å². The molecule has 1 atom stereocenters. The molecule has 0 radical (unpaired) electrons. The molecular weight excluding hydrogens is 356 g/mol. The van der Waals surface area contributed by atoms with Gasteiger partial charge < -0.3 is 19.6 Å². The highest BCUT2D eigenvalue weighted by atomic mass is 35.5. The maximum absolute atomic E-state index is 11.9. The van der Waals surface area contributed by atoms with Crippen molar-refractivity contribution in [3.05, 3.63) is 22.1 Å². The Bertz CT molecular complexity index is 659. The van der Waals surface area contributed by atoms with Crippen LogP contribution in [0.5, 0.6) is 0 Å². The summed E-state index contributed by atoms with van der Waals surface area (Å²) in [6.07, 6.45) is 1.66. The van der Waals surface area contributed by atoms with Crippen LogP contribution in [0.2, 0.25) is 0 Å². The second-order valence-corrected chi connectivity index (χ2v) is 5.54. The smallest absolute Gasteiger partial charge is 0.430 e. The van der Waals surface area contributed by atoms with Gasteiger partial charge in [-0.15, -0.1) is 12.4 Å². The van der Waals surface area contributed by atoms with Gasteiger partial charge in [0, 0.05) is 19.6 Å². The SMILES string of the molecule is Cl.Cn1c([N+](=O)[O-])cnc1/C=N\N1CC(CN2CCOCC2)OC1=O. The van der Waals surface area contributed by atoms with Crippen molar-refractivity contribution >= 4 is 30.5 Å². The largest absolute Gasteiger partial charge is 0.441 e. The lowest BCUT2D eigenvalue weighted by Gasteiger charge is -2.27. The van der Waals surface area contributed by atoms with Crippen LogP contribution in [0.3, 0.4) is 0 Å². The molecule has 138 valence electrons. The van der Waals surface area contributed by atoms with Gasteiger partial charge in [0.15, 0.2) is 0 Å². The van der Waals surface area contributed by atoms with Crippen molar-refractivity contribution in [2.75, 3.05) is 39.4 Å². The number of nitro groups is 1. The van der Waals surface area contributed by atoms with Crippen molar-refractivity contribution in [1.29, 1.82) is 0 Å². The summed E-state index contributed by atoms with van der Waals surface area (Å²) in [6, 6.07) is 0. The molecule has 1 amide bonds. The molecule has 2 fully saturated rings. The number of cyclic esters (lactones) is 1. The Morgan fingerprint density at radius 1 is 1.48 bits per heavy atom. The number of halogens is 1. The van der Waals surface area contributed by atoms with Gasteiger partial charge in [-0.3, -0.25) is 4.90 Å². The number of ether oxygens (including phenoxy) is 2. The van der Waals surface area contributed by atoms with E-state index in [9.17, 15) is 14.9 Å². The lowest BCUT2D eigenvalue weighted by Crippen LogP contribution is -2.41. The highest BCUT2D eigenvalue weighted by Crippen LogP contribution is 2.15. The Kier molecular flexibility index (Phi) is 6.28. The third kappa shape index (κ3) is 4.44. The van der Waals surface area contributed by atoms with Crippen LogP contribution in [0.1, 0.15) is 5.82 Å². The fraction of sp³-hybridized carbons (Fsp3) is 0.615. The summed E-state index contributed by atoms with van der Waals surface area (Å²) in [5.41, 5.74) is 0. The Morgan fingerprint density at radius 2 is 2.20 bits per heavy atom. The van der Waals surface area contributed by atoms with E-state index in [0.717, 1.165) is 19.3 Å². The first-order valence-electron chi connectivity index (χ1n) is 7.53. The number of carbonyl (C=O) groups excluding carboxylic acids is 1. The fourth-order valence-electron chi connectivity index (χ4n) is 2.59. The van der Waals surface area contributed by atoms with Gasteiger partial charge in [-0.2, -0.15) is 10.1 Å². The average Bonchev–Trinajstić information content (AvgIpc) is 3.09. The van der Waals surface area contributed by atoms with Crippen LogP contribution in [-0.4, -0.2) is 82.2 Å². The Morgan fingerprint density at radius 3 is 2.84 bits per heavy atom. The van der Waals surface area contributed by atoms with E-state index in [0.29, 0.717) is 26.3 Å².